The molecule has 0 unspecified atom stereocenters. The van der Waals surface area contributed by atoms with Gasteiger partial charge in [0.25, 0.3) is 0 Å². The van der Waals surface area contributed by atoms with Crippen LogP contribution in [0.4, 0.5) is 0 Å². The van der Waals surface area contributed by atoms with E-state index in [9.17, 15) is 14.4 Å². The Morgan fingerprint density at radius 1 is 1.23 bits per heavy atom. The van der Waals surface area contributed by atoms with Crippen molar-refractivity contribution in [2.24, 2.45) is 11.5 Å². The highest BCUT2D eigenvalue weighted by Gasteiger charge is 2.18. The second-order valence-corrected chi connectivity index (χ2v) is 4.82. The van der Waals surface area contributed by atoms with Crippen LogP contribution in [-0.2, 0) is 20.7 Å². The van der Waals surface area contributed by atoms with Gasteiger partial charge in [-0.1, -0.05) is 24.3 Å². The van der Waals surface area contributed by atoms with Crippen molar-refractivity contribution in [3.63, 3.8) is 0 Å². The van der Waals surface area contributed by atoms with Crippen LogP contribution in [0, 0.1) is 0 Å². The molecule has 1 aromatic rings. The second kappa shape index (κ2) is 8.91. The normalized spacial score (nSPS) is 11.7. The van der Waals surface area contributed by atoms with Gasteiger partial charge in [-0.2, -0.15) is 0 Å². The summed E-state index contributed by atoms with van der Waals surface area (Å²) in [6.07, 6.45) is 0.246. The fourth-order valence-corrected chi connectivity index (χ4v) is 1.82. The minimum Gasteiger partial charge on any atom is -0.370 e. The lowest BCUT2D eigenvalue weighted by Gasteiger charge is -2.15. The SMILES string of the molecule is CC(=O)c1ccc(C[C@H](NC(=O)COCCN)C(N)=O)cc1. The van der Waals surface area contributed by atoms with Crippen molar-refractivity contribution in [2.45, 2.75) is 19.4 Å². The first-order valence-corrected chi connectivity index (χ1v) is 6.90. The van der Waals surface area contributed by atoms with Gasteiger partial charge in [-0.15, -0.1) is 0 Å². The summed E-state index contributed by atoms with van der Waals surface area (Å²) < 4.78 is 4.99. The molecule has 7 nitrogen and oxygen atoms in total. The van der Waals surface area contributed by atoms with Crippen LogP contribution < -0.4 is 16.8 Å². The van der Waals surface area contributed by atoms with E-state index in [1.54, 1.807) is 24.3 Å². The summed E-state index contributed by atoms with van der Waals surface area (Å²) in [5.74, 6) is -1.11. The number of primary amides is 1. The van der Waals surface area contributed by atoms with Gasteiger partial charge in [-0.25, -0.2) is 0 Å². The van der Waals surface area contributed by atoms with Gasteiger partial charge in [0.15, 0.2) is 5.78 Å². The zero-order chi connectivity index (χ0) is 16.5. The van der Waals surface area contributed by atoms with Crippen molar-refractivity contribution in [1.82, 2.24) is 5.32 Å². The standard InChI is InChI=1S/C15H21N3O4/c1-10(19)12-4-2-11(3-5-12)8-13(15(17)21)18-14(20)9-22-7-6-16/h2-5,13H,6-9,16H2,1H3,(H2,17,21)(H,18,20)/t13-/m0/s1. The fraction of sp³-hybridized carbons (Fsp3) is 0.400. The molecule has 0 spiro atoms. The highest BCUT2D eigenvalue weighted by molar-refractivity contribution is 5.94. The Bertz CT molecular complexity index is 528. The van der Waals surface area contributed by atoms with Crippen molar-refractivity contribution in [2.75, 3.05) is 19.8 Å². The van der Waals surface area contributed by atoms with E-state index >= 15 is 0 Å². The minimum absolute atomic E-state index is 0.0386. The van der Waals surface area contributed by atoms with Crippen LogP contribution in [0.5, 0.6) is 0 Å². The number of nitrogens with one attached hydrogen (secondary N) is 1. The second-order valence-electron chi connectivity index (χ2n) is 4.82. The summed E-state index contributed by atoms with van der Waals surface area (Å²) in [4.78, 5) is 34.3. The summed E-state index contributed by atoms with van der Waals surface area (Å²) >= 11 is 0. The van der Waals surface area contributed by atoms with E-state index in [0.717, 1.165) is 5.56 Å². The van der Waals surface area contributed by atoms with Gasteiger partial charge in [0.1, 0.15) is 12.6 Å². The van der Waals surface area contributed by atoms with Crippen LogP contribution in [0.15, 0.2) is 24.3 Å². The van der Waals surface area contributed by atoms with Crippen molar-refractivity contribution in [3.05, 3.63) is 35.4 Å². The molecule has 0 bridgehead atoms. The monoisotopic (exact) mass is 307 g/mol. The molecule has 0 aromatic heterocycles. The molecule has 0 saturated carbocycles. The molecular weight excluding hydrogens is 286 g/mol. The number of nitrogens with two attached hydrogens (primary N) is 2. The maximum Gasteiger partial charge on any atom is 0.246 e. The van der Waals surface area contributed by atoms with Crippen LogP contribution in [0.1, 0.15) is 22.8 Å². The Balaban J connectivity index is 2.62. The molecular formula is C15H21N3O4. The summed E-state index contributed by atoms with van der Waals surface area (Å²) in [6, 6.07) is 5.95. The number of Topliss-reactive ketones (excluding diaryl/α,β-unsaturated/α-hetero) is 1. The highest BCUT2D eigenvalue weighted by atomic mass is 16.5. The first-order chi connectivity index (χ1) is 10.4. The van der Waals surface area contributed by atoms with Crippen molar-refractivity contribution >= 4 is 17.6 Å². The summed E-state index contributed by atoms with van der Waals surface area (Å²) in [7, 11) is 0. The predicted octanol–water partition coefficient (Wildman–Crippen LogP) is -0.623. The lowest BCUT2D eigenvalue weighted by Crippen LogP contribution is -2.47. The predicted molar refractivity (Wildman–Crippen MR) is 81.1 cm³/mol. The molecule has 1 aromatic carbocycles. The van der Waals surface area contributed by atoms with Gasteiger partial charge in [0.2, 0.25) is 11.8 Å². The van der Waals surface area contributed by atoms with Gasteiger partial charge < -0.3 is 21.5 Å². The van der Waals surface area contributed by atoms with Crippen LogP contribution in [-0.4, -0.2) is 43.4 Å². The van der Waals surface area contributed by atoms with E-state index in [0.29, 0.717) is 12.1 Å². The number of hydrogen-bond donors (Lipinski definition) is 3. The summed E-state index contributed by atoms with van der Waals surface area (Å²) in [6.45, 7) is 1.88. The molecule has 0 aliphatic carbocycles. The van der Waals surface area contributed by atoms with E-state index in [1.165, 1.54) is 6.92 Å². The number of amides is 2. The van der Waals surface area contributed by atoms with Crippen LogP contribution in [0.25, 0.3) is 0 Å². The molecule has 0 aliphatic heterocycles. The molecule has 1 rings (SSSR count). The van der Waals surface area contributed by atoms with Crippen LogP contribution in [0.3, 0.4) is 0 Å². The largest absolute Gasteiger partial charge is 0.370 e. The third-order valence-corrected chi connectivity index (χ3v) is 2.97. The van der Waals surface area contributed by atoms with E-state index < -0.39 is 17.9 Å². The van der Waals surface area contributed by atoms with Crippen molar-refractivity contribution in [1.29, 1.82) is 0 Å². The smallest absolute Gasteiger partial charge is 0.246 e. The van der Waals surface area contributed by atoms with E-state index in [-0.39, 0.29) is 25.4 Å². The zero-order valence-electron chi connectivity index (χ0n) is 12.5. The minimum atomic E-state index is -0.836. The number of carbonyl (C=O) groups is 3. The molecule has 2 amide bonds. The Morgan fingerprint density at radius 2 is 1.86 bits per heavy atom. The van der Waals surface area contributed by atoms with E-state index in [2.05, 4.69) is 5.32 Å². The maximum absolute atomic E-state index is 11.6. The average molecular weight is 307 g/mol. The van der Waals surface area contributed by atoms with Gasteiger partial charge in [-0.3, -0.25) is 14.4 Å². The van der Waals surface area contributed by atoms with Crippen molar-refractivity contribution in [3.8, 4) is 0 Å². The molecule has 0 fully saturated rings. The lowest BCUT2D eigenvalue weighted by molar-refractivity contribution is -0.130. The third-order valence-electron chi connectivity index (χ3n) is 2.97. The quantitative estimate of drug-likeness (QED) is 0.414. The molecule has 0 radical (unpaired) electrons. The molecule has 7 heteroatoms. The Labute approximate surface area is 129 Å². The maximum atomic E-state index is 11.6. The lowest BCUT2D eigenvalue weighted by atomic mass is 10.0. The first kappa shape index (κ1) is 17.8. The number of carbonyl (C=O) groups excluding carboxylic acids is 3. The zero-order valence-corrected chi connectivity index (χ0v) is 12.5. The molecule has 0 aliphatic rings. The molecule has 0 saturated heterocycles. The summed E-state index contributed by atoms with van der Waals surface area (Å²) in [5.41, 5.74) is 11.9. The molecule has 22 heavy (non-hydrogen) atoms. The van der Waals surface area contributed by atoms with Gasteiger partial charge >= 0.3 is 0 Å². The topological polar surface area (TPSA) is 125 Å². The van der Waals surface area contributed by atoms with Gasteiger partial charge in [0.05, 0.1) is 6.61 Å². The van der Waals surface area contributed by atoms with E-state index in [1.807, 2.05) is 0 Å². The third kappa shape index (κ3) is 6.02. The van der Waals surface area contributed by atoms with Gasteiger partial charge in [0, 0.05) is 18.5 Å². The Morgan fingerprint density at radius 3 is 2.36 bits per heavy atom. The van der Waals surface area contributed by atoms with Crippen LogP contribution >= 0.6 is 0 Å². The van der Waals surface area contributed by atoms with Crippen LogP contribution in [0.2, 0.25) is 0 Å². The van der Waals surface area contributed by atoms with Crippen molar-refractivity contribution < 1.29 is 19.1 Å². The number of rotatable bonds is 9. The molecule has 1 atom stereocenters. The first-order valence-electron chi connectivity index (χ1n) is 6.90. The number of benzene rings is 1. The fourth-order valence-electron chi connectivity index (χ4n) is 1.82. The number of ketones is 1. The highest BCUT2D eigenvalue weighted by Crippen LogP contribution is 2.08. The molecule has 5 N–H and O–H groups in total. The molecule has 120 valence electrons. The average Bonchev–Trinajstić information content (AvgIpc) is 2.47. The van der Waals surface area contributed by atoms with Gasteiger partial charge in [-0.05, 0) is 12.5 Å². The number of ether oxygens (including phenoxy) is 1. The Kier molecular flexibility index (Phi) is 7.21. The Hall–Kier alpha value is -2.25. The summed E-state index contributed by atoms with van der Waals surface area (Å²) in [5, 5.41) is 2.51. The van der Waals surface area contributed by atoms with E-state index in [4.69, 9.17) is 16.2 Å². The molecule has 0 heterocycles. The number of hydrogen-bond acceptors (Lipinski definition) is 5.